The first-order chi connectivity index (χ1) is 21.3. The maximum absolute atomic E-state index is 13.4. The molecule has 2 aromatic heterocycles. The molecule has 232 valence electrons. The Balaban J connectivity index is 1.40. The largest absolute Gasteiger partial charge is 0.457 e. The molecule has 0 saturated carbocycles. The Morgan fingerprint density at radius 3 is 2.22 bits per heavy atom. The van der Waals surface area contributed by atoms with E-state index in [0.717, 1.165) is 22.7 Å². The number of carbonyl (C=O) groups excluding carboxylic acids is 2. The number of nitrogens with zero attached hydrogens (tertiary/aromatic N) is 3. The van der Waals surface area contributed by atoms with Gasteiger partial charge in [0.25, 0.3) is 0 Å². The van der Waals surface area contributed by atoms with Crippen LogP contribution in [0, 0.1) is 0 Å². The fraction of sp³-hybridized carbons (Fsp3) is 0.188. The van der Waals surface area contributed by atoms with Gasteiger partial charge in [0.05, 0.1) is 22.0 Å². The first kappa shape index (κ1) is 31.0. The minimum absolute atomic E-state index is 0.186. The molecule has 12 nitrogen and oxygen atoms in total. The Morgan fingerprint density at radius 2 is 1.56 bits per heavy atom. The van der Waals surface area contributed by atoms with Crippen LogP contribution in [0.5, 0.6) is 11.5 Å². The molecule has 0 aliphatic heterocycles. The number of hydrogen-bond donors (Lipinski definition) is 4. The number of nitrogens with one attached hydrogen (secondary N) is 4. The zero-order valence-corrected chi connectivity index (χ0v) is 26.2. The Bertz CT molecular complexity index is 2000. The van der Waals surface area contributed by atoms with E-state index >= 15 is 0 Å². The van der Waals surface area contributed by atoms with Crippen LogP contribution >= 0.6 is 0 Å². The number of ether oxygens (including phenoxy) is 1. The van der Waals surface area contributed by atoms with Crippen LogP contribution in [-0.2, 0) is 15.3 Å². The number of fused-ring (bicyclic) bond motifs is 1. The summed E-state index contributed by atoms with van der Waals surface area (Å²) in [5.41, 5.74) is 1.56. The maximum atomic E-state index is 13.4. The normalized spacial score (nSPS) is 11.6. The van der Waals surface area contributed by atoms with E-state index in [1.165, 1.54) is 25.4 Å². The van der Waals surface area contributed by atoms with Gasteiger partial charge in [-0.2, -0.15) is 5.10 Å². The van der Waals surface area contributed by atoms with Crippen LogP contribution in [0.25, 0.3) is 16.5 Å². The molecule has 0 fully saturated rings. The van der Waals surface area contributed by atoms with Crippen molar-refractivity contribution in [2.24, 2.45) is 0 Å². The average molecular weight is 628 g/mol. The number of rotatable bonds is 7. The van der Waals surface area contributed by atoms with E-state index in [0.29, 0.717) is 34.5 Å². The molecule has 5 aromatic rings. The second kappa shape index (κ2) is 12.3. The summed E-state index contributed by atoms with van der Waals surface area (Å²) in [5.74, 6) is 1.74. The summed E-state index contributed by atoms with van der Waals surface area (Å²) in [4.78, 5) is 29.4. The van der Waals surface area contributed by atoms with Gasteiger partial charge in [-0.1, -0.05) is 45.0 Å². The van der Waals surface area contributed by atoms with Gasteiger partial charge in [0, 0.05) is 47.8 Å². The zero-order valence-electron chi connectivity index (χ0n) is 25.4. The van der Waals surface area contributed by atoms with E-state index in [1.54, 1.807) is 47.1 Å². The van der Waals surface area contributed by atoms with Crippen LogP contribution in [-0.4, -0.2) is 48.5 Å². The molecule has 4 amide bonds. The molecule has 5 rings (SSSR count). The summed E-state index contributed by atoms with van der Waals surface area (Å²) in [7, 11) is -1.86. The van der Waals surface area contributed by atoms with Gasteiger partial charge in [0.1, 0.15) is 23.1 Å². The van der Waals surface area contributed by atoms with E-state index in [4.69, 9.17) is 9.84 Å². The highest BCUT2D eigenvalue weighted by atomic mass is 32.2. The first-order valence-electron chi connectivity index (χ1n) is 14.0. The Morgan fingerprint density at radius 1 is 0.844 bits per heavy atom. The molecule has 4 N–H and O–H groups in total. The van der Waals surface area contributed by atoms with Crippen molar-refractivity contribution in [3.8, 4) is 17.2 Å². The quantitative estimate of drug-likeness (QED) is 0.165. The summed E-state index contributed by atoms with van der Waals surface area (Å²) >= 11 is 0. The topological polar surface area (TPSA) is 156 Å². The highest BCUT2D eigenvalue weighted by molar-refractivity contribution is 7.90. The van der Waals surface area contributed by atoms with Gasteiger partial charge in [-0.15, -0.1) is 0 Å². The highest BCUT2D eigenvalue weighted by Gasteiger charge is 2.22. The monoisotopic (exact) mass is 627 g/mol. The summed E-state index contributed by atoms with van der Waals surface area (Å²) in [6.07, 6.45) is 2.67. The minimum atomic E-state index is -3.37. The van der Waals surface area contributed by atoms with Crippen molar-refractivity contribution in [2.45, 2.75) is 31.1 Å². The molecule has 45 heavy (non-hydrogen) atoms. The molecule has 0 spiro atoms. The van der Waals surface area contributed by atoms with E-state index < -0.39 is 21.9 Å². The average Bonchev–Trinajstić information content (AvgIpc) is 3.42. The van der Waals surface area contributed by atoms with Crippen molar-refractivity contribution in [3.63, 3.8) is 0 Å². The molecule has 0 atom stereocenters. The van der Waals surface area contributed by atoms with Crippen molar-refractivity contribution in [1.82, 2.24) is 20.1 Å². The molecule has 13 heteroatoms. The number of urea groups is 2. The van der Waals surface area contributed by atoms with Crippen molar-refractivity contribution >= 4 is 50.0 Å². The molecule has 0 aliphatic carbocycles. The number of sulfone groups is 1. The van der Waals surface area contributed by atoms with E-state index in [2.05, 4.69) is 26.3 Å². The summed E-state index contributed by atoms with van der Waals surface area (Å²) < 4.78 is 31.6. The second-order valence-corrected chi connectivity index (χ2v) is 13.3. The molecule has 2 heterocycles. The lowest BCUT2D eigenvalue weighted by atomic mass is 9.92. The number of amides is 4. The third kappa shape index (κ3) is 7.21. The molecule has 0 radical (unpaired) electrons. The maximum Gasteiger partial charge on any atom is 0.324 e. The van der Waals surface area contributed by atoms with E-state index in [1.807, 2.05) is 45.0 Å². The van der Waals surface area contributed by atoms with Crippen LogP contribution in [0.4, 0.5) is 26.9 Å². The predicted molar refractivity (Wildman–Crippen MR) is 174 cm³/mol. The van der Waals surface area contributed by atoms with Gasteiger partial charge < -0.3 is 15.4 Å². The van der Waals surface area contributed by atoms with Crippen molar-refractivity contribution in [2.75, 3.05) is 29.3 Å². The zero-order chi connectivity index (χ0) is 32.4. The number of anilines is 3. The minimum Gasteiger partial charge on any atom is -0.457 e. The second-order valence-electron chi connectivity index (χ2n) is 11.3. The smallest absolute Gasteiger partial charge is 0.324 e. The molecular weight excluding hydrogens is 594 g/mol. The van der Waals surface area contributed by atoms with Gasteiger partial charge in [-0.25, -0.2) is 27.7 Å². The third-order valence-corrected chi connectivity index (χ3v) is 7.92. The molecule has 0 aliphatic rings. The molecular formula is C32H33N7O5S. The van der Waals surface area contributed by atoms with Crippen molar-refractivity contribution in [1.29, 1.82) is 0 Å². The highest BCUT2D eigenvalue weighted by Crippen LogP contribution is 2.35. The lowest BCUT2D eigenvalue weighted by molar-refractivity contribution is 0.254. The van der Waals surface area contributed by atoms with Gasteiger partial charge in [-0.3, -0.25) is 10.6 Å². The van der Waals surface area contributed by atoms with E-state index in [-0.39, 0.29) is 10.3 Å². The number of carbonyl (C=O) groups is 2. The fourth-order valence-electron chi connectivity index (χ4n) is 4.46. The van der Waals surface area contributed by atoms with Crippen molar-refractivity contribution in [3.05, 3.63) is 90.8 Å². The number of hydrogen-bond acceptors (Lipinski definition) is 7. The first-order valence-corrected chi connectivity index (χ1v) is 15.8. The Labute approximate surface area is 260 Å². The Kier molecular flexibility index (Phi) is 8.47. The summed E-state index contributed by atoms with van der Waals surface area (Å²) in [6.45, 7) is 6.03. The third-order valence-electron chi connectivity index (χ3n) is 6.79. The van der Waals surface area contributed by atoms with Gasteiger partial charge in [0.2, 0.25) is 0 Å². The summed E-state index contributed by atoms with van der Waals surface area (Å²) in [6, 6.07) is 21.4. The number of benzene rings is 3. The van der Waals surface area contributed by atoms with Gasteiger partial charge in [-0.05, 0) is 42.5 Å². The predicted octanol–water partition coefficient (Wildman–Crippen LogP) is 6.31. The lowest BCUT2D eigenvalue weighted by Crippen LogP contribution is -2.24. The fourth-order valence-corrected chi connectivity index (χ4v) is 5.09. The number of pyridine rings is 1. The summed E-state index contributed by atoms with van der Waals surface area (Å²) in [5, 5.41) is 17.1. The van der Waals surface area contributed by atoms with Crippen LogP contribution in [0.2, 0.25) is 0 Å². The molecule has 0 unspecified atom stereocenters. The van der Waals surface area contributed by atoms with Crippen molar-refractivity contribution < 1.29 is 22.7 Å². The molecule has 0 bridgehead atoms. The Hall–Kier alpha value is -5.43. The van der Waals surface area contributed by atoms with E-state index in [9.17, 15) is 18.0 Å². The standard InChI is InChI=1S/C32H33N7O5S/c1-32(2,3)27-19-29(39(38-27)20-10-12-22(13-11-20)45(5,42)43)37-31(41)35-25-14-15-26(24-9-7-6-8-23(24)25)44-21-16-17-34-28(18-21)36-30(40)33-4/h6-19H,1-5H3,(H2,35,37,41)(H2,33,34,36,40). The molecule has 0 saturated heterocycles. The lowest BCUT2D eigenvalue weighted by Gasteiger charge is -2.15. The van der Waals surface area contributed by atoms with Crippen LogP contribution in [0.15, 0.2) is 90.0 Å². The van der Waals surface area contributed by atoms with Crippen LogP contribution < -0.4 is 26.0 Å². The number of aromatic nitrogens is 3. The van der Waals surface area contributed by atoms with Crippen LogP contribution in [0.3, 0.4) is 0 Å². The SMILES string of the molecule is CNC(=O)Nc1cc(Oc2ccc(NC(=O)Nc3cc(C(C)(C)C)nn3-c3ccc(S(C)(=O)=O)cc3)c3ccccc23)ccn1. The molecule has 3 aromatic carbocycles. The van der Waals surface area contributed by atoms with Crippen LogP contribution in [0.1, 0.15) is 26.5 Å². The van der Waals surface area contributed by atoms with Gasteiger partial charge >= 0.3 is 12.1 Å². The van der Waals surface area contributed by atoms with Gasteiger partial charge in [0.15, 0.2) is 9.84 Å².